The van der Waals surface area contributed by atoms with Crippen molar-refractivity contribution >= 4 is 76.9 Å². The maximum Gasteiger partial charge on any atom is 0.135 e. The van der Waals surface area contributed by atoms with Crippen molar-refractivity contribution in [3.05, 3.63) is 211 Å². The number of fused-ring (bicyclic) bond motifs is 11. The van der Waals surface area contributed by atoms with Crippen LogP contribution >= 0.6 is 0 Å². The third kappa shape index (κ3) is 5.13. The molecule has 0 amide bonds. The Labute approximate surface area is 330 Å². The summed E-state index contributed by atoms with van der Waals surface area (Å²) in [5, 5.41) is 9.64. The van der Waals surface area contributed by atoms with Crippen LogP contribution in [0.5, 0.6) is 5.75 Å². The Kier molecular flexibility index (Phi) is 7.05. The van der Waals surface area contributed by atoms with Crippen LogP contribution in [0, 0.1) is 0 Å². The van der Waals surface area contributed by atoms with E-state index in [0.717, 1.165) is 50.3 Å². The molecule has 1 aromatic heterocycles. The van der Waals surface area contributed by atoms with Crippen LogP contribution in [0.25, 0.3) is 71.0 Å². The first-order valence-electron chi connectivity index (χ1n) is 19.6. The molecule has 0 radical (unpaired) electrons. The van der Waals surface area contributed by atoms with Crippen LogP contribution in [0.1, 0.15) is 17.0 Å². The van der Waals surface area contributed by atoms with Crippen LogP contribution < -0.4 is 9.64 Å². The lowest BCUT2D eigenvalue weighted by atomic mass is 9.86. The van der Waals surface area contributed by atoms with Gasteiger partial charge in [0.25, 0.3) is 0 Å². The van der Waals surface area contributed by atoms with Crippen molar-refractivity contribution in [3.63, 3.8) is 0 Å². The molecule has 2 unspecified atom stereocenters. The second-order valence-electron chi connectivity index (χ2n) is 15.2. The lowest BCUT2D eigenvalue weighted by Crippen LogP contribution is -2.18. The van der Waals surface area contributed by atoms with Gasteiger partial charge in [-0.15, -0.1) is 0 Å². The Morgan fingerprint density at radius 1 is 0.456 bits per heavy atom. The first kappa shape index (κ1) is 31.9. The molecule has 3 nitrogen and oxygen atoms in total. The average Bonchev–Trinajstić information content (AvgIpc) is 3.85. The quantitative estimate of drug-likeness (QED) is 0.165. The zero-order valence-corrected chi connectivity index (χ0v) is 31.0. The molecule has 1 aliphatic heterocycles. The third-order valence-corrected chi connectivity index (χ3v) is 12.0. The molecule has 0 saturated carbocycles. The van der Waals surface area contributed by atoms with Gasteiger partial charge in [-0.3, -0.25) is 0 Å². The molecule has 3 heteroatoms. The third-order valence-electron chi connectivity index (χ3n) is 12.0. The predicted molar refractivity (Wildman–Crippen MR) is 237 cm³/mol. The Balaban J connectivity index is 0.986. The fraction of sp³-hybridized carbons (Fsp3) is 0.0370. The Bertz CT molecular complexity index is 3300. The molecule has 57 heavy (non-hydrogen) atoms. The second-order valence-corrected chi connectivity index (χ2v) is 15.2. The molecule has 10 aromatic rings. The zero-order chi connectivity index (χ0) is 37.5. The summed E-state index contributed by atoms with van der Waals surface area (Å²) in [6, 6.07) is 65.5. The fourth-order valence-electron chi connectivity index (χ4n) is 9.20. The molecule has 0 spiro atoms. The van der Waals surface area contributed by atoms with Gasteiger partial charge in [0.1, 0.15) is 23.0 Å². The SMILES string of the molecule is C1=CC2Oc3c(ccc4ccccc34)C2C=C1c1ccccc1N(c1ccc(-c2ccc3c(ccc4ccccc43)c2)cc1)c1ccc2oc3ccccc3c2c1. The molecule has 9 aromatic carbocycles. The van der Waals surface area contributed by atoms with Gasteiger partial charge in [0.2, 0.25) is 0 Å². The molecule has 2 aliphatic rings. The van der Waals surface area contributed by atoms with Gasteiger partial charge in [0.15, 0.2) is 0 Å². The molecule has 2 atom stereocenters. The number of anilines is 3. The Morgan fingerprint density at radius 2 is 1.12 bits per heavy atom. The second kappa shape index (κ2) is 12.6. The van der Waals surface area contributed by atoms with Crippen molar-refractivity contribution < 1.29 is 9.15 Å². The van der Waals surface area contributed by atoms with Gasteiger partial charge in [0.05, 0.1) is 5.69 Å². The minimum atomic E-state index is -0.0315. The summed E-state index contributed by atoms with van der Waals surface area (Å²) in [7, 11) is 0. The van der Waals surface area contributed by atoms with E-state index in [-0.39, 0.29) is 12.0 Å². The highest BCUT2D eigenvalue weighted by Crippen LogP contribution is 2.49. The van der Waals surface area contributed by atoms with Crippen molar-refractivity contribution in [2.24, 2.45) is 0 Å². The summed E-state index contributed by atoms with van der Waals surface area (Å²) < 4.78 is 12.9. The van der Waals surface area contributed by atoms with E-state index >= 15 is 0 Å². The first-order chi connectivity index (χ1) is 28.2. The predicted octanol–water partition coefficient (Wildman–Crippen LogP) is 14.7. The van der Waals surface area contributed by atoms with Gasteiger partial charge >= 0.3 is 0 Å². The van der Waals surface area contributed by atoms with E-state index < -0.39 is 0 Å². The van der Waals surface area contributed by atoms with Crippen LogP contribution in [0.3, 0.4) is 0 Å². The minimum Gasteiger partial charge on any atom is -0.484 e. The summed E-state index contributed by atoms with van der Waals surface area (Å²) in [6.07, 6.45) is 6.85. The van der Waals surface area contributed by atoms with Gasteiger partial charge in [-0.1, -0.05) is 146 Å². The summed E-state index contributed by atoms with van der Waals surface area (Å²) in [5.41, 5.74) is 11.0. The van der Waals surface area contributed by atoms with E-state index in [2.05, 4.69) is 193 Å². The van der Waals surface area contributed by atoms with E-state index in [4.69, 9.17) is 9.15 Å². The van der Waals surface area contributed by atoms with Crippen molar-refractivity contribution in [3.8, 4) is 16.9 Å². The summed E-state index contributed by atoms with van der Waals surface area (Å²) in [6.45, 7) is 0. The fourth-order valence-corrected chi connectivity index (χ4v) is 9.20. The molecule has 12 rings (SSSR count). The molecule has 0 saturated heterocycles. The molecule has 0 N–H and O–H groups in total. The number of para-hydroxylation sites is 2. The number of furan rings is 1. The molecule has 0 bridgehead atoms. The highest BCUT2D eigenvalue weighted by atomic mass is 16.5. The summed E-state index contributed by atoms with van der Waals surface area (Å²) in [4.78, 5) is 2.39. The van der Waals surface area contributed by atoms with Gasteiger partial charge in [-0.2, -0.15) is 0 Å². The van der Waals surface area contributed by atoms with Crippen molar-refractivity contribution in [1.82, 2.24) is 0 Å². The van der Waals surface area contributed by atoms with E-state index in [1.807, 2.05) is 12.1 Å². The minimum absolute atomic E-state index is 0.0315. The Morgan fingerprint density at radius 3 is 2.02 bits per heavy atom. The average molecular weight is 730 g/mol. The number of hydrogen-bond acceptors (Lipinski definition) is 3. The Hall–Kier alpha value is -7.36. The van der Waals surface area contributed by atoms with Gasteiger partial charge < -0.3 is 14.1 Å². The first-order valence-corrected chi connectivity index (χ1v) is 19.6. The number of nitrogens with zero attached hydrogens (tertiary/aromatic N) is 1. The van der Waals surface area contributed by atoms with E-state index in [1.165, 1.54) is 54.6 Å². The molecule has 2 heterocycles. The van der Waals surface area contributed by atoms with Gasteiger partial charge in [-0.25, -0.2) is 0 Å². The summed E-state index contributed by atoms with van der Waals surface area (Å²) >= 11 is 0. The molecule has 0 fully saturated rings. The maximum absolute atomic E-state index is 6.63. The van der Waals surface area contributed by atoms with E-state index in [1.54, 1.807) is 0 Å². The normalized spacial score (nSPS) is 15.9. The largest absolute Gasteiger partial charge is 0.484 e. The van der Waals surface area contributed by atoms with Crippen molar-refractivity contribution in [2.45, 2.75) is 12.0 Å². The van der Waals surface area contributed by atoms with Gasteiger partial charge in [0, 0.05) is 44.6 Å². The van der Waals surface area contributed by atoms with Crippen molar-refractivity contribution in [1.29, 1.82) is 0 Å². The topological polar surface area (TPSA) is 25.6 Å². The van der Waals surface area contributed by atoms with Crippen molar-refractivity contribution in [2.75, 3.05) is 4.90 Å². The van der Waals surface area contributed by atoms with Gasteiger partial charge in [-0.05, 0) is 98.2 Å². The van der Waals surface area contributed by atoms with Crippen LogP contribution in [-0.2, 0) is 0 Å². The number of allylic oxidation sites excluding steroid dienone is 2. The standard InChI is InChI=1S/C54H35NO2/c1-3-11-42-35(9-1)17-18-38-31-37(22-27-43(38)42)34-19-24-40(25-20-34)55(41-26-30-52-49(33-41)46-14-6-8-16-51(46)56-52)50-15-7-5-12-44(50)39-23-29-53-48(32-39)47-28-21-36-10-2-4-13-45(36)54(47)57-53/h1-33,48,53H. The van der Waals surface area contributed by atoms with Crippen LogP contribution in [-0.4, -0.2) is 6.10 Å². The lowest BCUT2D eigenvalue weighted by Gasteiger charge is -2.29. The highest BCUT2D eigenvalue weighted by Gasteiger charge is 2.35. The van der Waals surface area contributed by atoms with Crippen LogP contribution in [0.4, 0.5) is 17.1 Å². The maximum atomic E-state index is 6.63. The highest BCUT2D eigenvalue weighted by molar-refractivity contribution is 6.09. The molecule has 1 aliphatic carbocycles. The number of hydrogen-bond donors (Lipinski definition) is 0. The molecule has 268 valence electrons. The van der Waals surface area contributed by atoms with E-state index in [9.17, 15) is 0 Å². The monoisotopic (exact) mass is 729 g/mol. The van der Waals surface area contributed by atoms with E-state index in [0.29, 0.717) is 0 Å². The van der Waals surface area contributed by atoms with Crippen LogP contribution in [0.15, 0.2) is 205 Å². The smallest absolute Gasteiger partial charge is 0.135 e. The summed E-state index contributed by atoms with van der Waals surface area (Å²) in [5.74, 6) is 1.12. The lowest BCUT2D eigenvalue weighted by molar-refractivity contribution is 0.272. The number of benzene rings is 9. The molecular formula is C54H35NO2. The number of rotatable bonds is 5. The zero-order valence-electron chi connectivity index (χ0n) is 31.0. The molecular weight excluding hydrogens is 695 g/mol. The number of ether oxygens (including phenoxy) is 1. The van der Waals surface area contributed by atoms with Crippen LogP contribution in [0.2, 0.25) is 0 Å².